The molecule has 2 aliphatic rings. The first kappa shape index (κ1) is 26.1. The van der Waals surface area contributed by atoms with Crippen molar-refractivity contribution < 1.29 is 26.3 Å². The van der Waals surface area contributed by atoms with Crippen LogP contribution in [0, 0.1) is 19.8 Å². The minimum Gasteiger partial charge on any atom is -0.312 e. The van der Waals surface area contributed by atoms with Crippen molar-refractivity contribution in [2.75, 3.05) is 24.5 Å². The molecule has 4 rings (SSSR count). The second kappa shape index (κ2) is 9.84. The van der Waals surface area contributed by atoms with Gasteiger partial charge in [-0.3, -0.25) is 4.90 Å². The highest BCUT2D eigenvalue weighted by Gasteiger charge is 2.41. The van der Waals surface area contributed by atoms with Crippen molar-refractivity contribution in [3.05, 3.63) is 39.7 Å². The first-order valence-corrected chi connectivity index (χ1v) is 12.2. The summed E-state index contributed by atoms with van der Waals surface area (Å²) in [5.41, 5.74) is 1.23. The molecule has 0 radical (unpaired) electrons. The van der Waals surface area contributed by atoms with E-state index in [9.17, 15) is 26.3 Å². The van der Waals surface area contributed by atoms with Crippen LogP contribution >= 0.6 is 11.6 Å². The van der Waals surface area contributed by atoms with Gasteiger partial charge < -0.3 is 9.47 Å². The second-order valence-electron chi connectivity index (χ2n) is 9.65. The van der Waals surface area contributed by atoms with E-state index in [1.54, 1.807) is 11.0 Å². The van der Waals surface area contributed by atoms with Gasteiger partial charge in [-0.2, -0.15) is 26.3 Å². The Labute approximate surface area is 205 Å². The molecule has 2 heterocycles. The fourth-order valence-electron chi connectivity index (χ4n) is 4.79. The van der Waals surface area contributed by atoms with Crippen molar-refractivity contribution in [3.63, 3.8) is 0 Å². The first-order valence-electron chi connectivity index (χ1n) is 11.8. The average Bonchev–Trinajstić information content (AvgIpc) is 3.48. The van der Waals surface area contributed by atoms with Gasteiger partial charge >= 0.3 is 12.4 Å². The zero-order valence-electron chi connectivity index (χ0n) is 19.7. The molecule has 0 saturated heterocycles. The molecule has 11 heteroatoms. The number of benzene rings is 1. The average molecular weight is 523 g/mol. The predicted octanol–water partition coefficient (Wildman–Crippen LogP) is 7.27. The maximum Gasteiger partial charge on any atom is 0.435 e. The van der Waals surface area contributed by atoms with Crippen molar-refractivity contribution in [2.45, 2.75) is 71.4 Å². The Morgan fingerprint density at radius 1 is 1.06 bits per heavy atom. The van der Waals surface area contributed by atoms with Crippen LogP contribution in [0.3, 0.4) is 0 Å². The maximum absolute atomic E-state index is 14.1. The third kappa shape index (κ3) is 6.25. The molecule has 194 valence electrons. The SMILES string of the molecule is Cc1cc(C)c(N2CCCn3c2nc(C(F)(F)F)c3CN(CCC2CC2)CCC(F)(F)F)c(Cl)c1. The standard InChI is InChI=1S/C24H29ClF6N4/c1-15-12-16(2)20(18(25)13-15)35-9-3-8-34-19(21(24(29,30)31)32-22(34)35)14-33(10-6-17-4-5-17)11-7-23(26,27)28/h12-13,17H,3-11,14H2,1-2H3. The predicted molar refractivity (Wildman–Crippen MR) is 123 cm³/mol. The Kier molecular flexibility index (Phi) is 7.35. The second-order valence-corrected chi connectivity index (χ2v) is 10.1. The third-order valence-corrected chi connectivity index (χ3v) is 6.92. The minimum absolute atomic E-state index is 0.0870. The summed E-state index contributed by atoms with van der Waals surface area (Å²) in [6.07, 6.45) is -6.89. The van der Waals surface area contributed by atoms with E-state index in [0.29, 0.717) is 49.1 Å². The quantitative estimate of drug-likeness (QED) is 0.341. The number of halogens is 7. The highest BCUT2D eigenvalue weighted by molar-refractivity contribution is 6.33. The fourth-order valence-corrected chi connectivity index (χ4v) is 5.21. The Balaban J connectivity index is 1.71. The van der Waals surface area contributed by atoms with Crippen LogP contribution < -0.4 is 4.90 Å². The van der Waals surface area contributed by atoms with Crippen LogP contribution in [0.1, 0.15) is 54.6 Å². The number of aromatic nitrogens is 2. The molecule has 1 aliphatic carbocycles. The zero-order chi connectivity index (χ0) is 25.5. The molecule has 35 heavy (non-hydrogen) atoms. The van der Waals surface area contributed by atoms with E-state index in [4.69, 9.17) is 11.6 Å². The largest absolute Gasteiger partial charge is 0.435 e. The van der Waals surface area contributed by atoms with Gasteiger partial charge in [-0.05, 0) is 56.3 Å². The lowest BCUT2D eigenvalue weighted by molar-refractivity contribution is -0.143. The van der Waals surface area contributed by atoms with Gasteiger partial charge in [0.05, 0.1) is 22.8 Å². The van der Waals surface area contributed by atoms with E-state index in [1.165, 1.54) is 9.47 Å². The number of rotatable bonds is 8. The molecule has 1 aromatic heterocycles. The number of hydrogen-bond donors (Lipinski definition) is 0. The molecule has 4 nitrogen and oxygen atoms in total. The summed E-state index contributed by atoms with van der Waals surface area (Å²) < 4.78 is 82.7. The molecule has 0 N–H and O–H groups in total. The summed E-state index contributed by atoms with van der Waals surface area (Å²) in [5, 5.41) is 0.422. The lowest BCUT2D eigenvalue weighted by Crippen LogP contribution is -2.33. The van der Waals surface area contributed by atoms with Gasteiger partial charge in [0.15, 0.2) is 5.69 Å². The first-order chi connectivity index (χ1) is 16.3. The number of nitrogens with zero attached hydrogens (tertiary/aromatic N) is 4. The Bertz CT molecular complexity index is 1030. The molecule has 1 fully saturated rings. The van der Waals surface area contributed by atoms with Gasteiger partial charge in [0, 0.05) is 26.2 Å². The monoisotopic (exact) mass is 522 g/mol. The molecule has 0 bridgehead atoms. The molecule has 2 aromatic rings. The van der Waals surface area contributed by atoms with E-state index < -0.39 is 24.5 Å². The minimum atomic E-state index is -4.73. The van der Waals surface area contributed by atoms with Gasteiger partial charge in [-0.1, -0.05) is 30.5 Å². The van der Waals surface area contributed by atoms with Gasteiger partial charge in [0.25, 0.3) is 0 Å². The van der Waals surface area contributed by atoms with Gasteiger partial charge in [-0.25, -0.2) is 4.98 Å². The van der Waals surface area contributed by atoms with E-state index >= 15 is 0 Å². The van der Waals surface area contributed by atoms with E-state index in [1.807, 2.05) is 19.9 Å². The van der Waals surface area contributed by atoms with Crippen molar-refractivity contribution in [3.8, 4) is 0 Å². The Hall–Kier alpha value is -1.94. The summed E-state index contributed by atoms with van der Waals surface area (Å²) in [7, 11) is 0. The van der Waals surface area contributed by atoms with Crippen LogP contribution in [0.4, 0.5) is 38.0 Å². The number of hydrogen-bond acceptors (Lipinski definition) is 3. The van der Waals surface area contributed by atoms with Crippen LogP contribution in [-0.4, -0.2) is 40.3 Å². The highest BCUT2D eigenvalue weighted by Crippen LogP contribution is 2.42. The van der Waals surface area contributed by atoms with Crippen LogP contribution in [0.5, 0.6) is 0 Å². The molecular formula is C24H29ClF6N4. The van der Waals surface area contributed by atoms with E-state index in [2.05, 4.69) is 4.98 Å². The van der Waals surface area contributed by atoms with Crippen LogP contribution in [0.15, 0.2) is 12.1 Å². The highest BCUT2D eigenvalue weighted by atomic mass is 35.5. The van der Waals surface area contributed by atoms with E-state index in [-0.39, 0.29) is 24.7 Å². The smallest absolute Gasteiger partial charge is 0.312 e. The van der Waals surface area contributed by atoms with Crippen molar-refractivity contribution in [2.24, 2.45) is 5.92 Å². The Morgan fingerprint density at radius 3 is 2.37 bits per heavy atom. The normalized spacial score (nSPS) is 16.8. The maximum atomic E-state index is 14.1. The summed E-state index contributed by atoms with van der Waals surface area (Å²) in [6, 6.07) is 3.67. The molecule has 0 unspecified atom stereocenters. The van der Waals surface area contributed by atoms with Crippen LogP contribution in [0.2, 0.25) is 5.02 Å². The summed E-state index contributed by atoms with van der Waals surface area (Å²) >= 11 is 6.50. The van der Waals surface area contributed by atoms with Crippen molar-refractivity contribution in [1.82, 2.24) is 14.5 Å². The fraction of sp³-hybridized carbons (Fsp3) is 0.625. The molecule has 1 saturated carbocycles. The number of fused-ring (bicyclic) bond motifs is 1. The van der Waals surface area contributed by atoms with Gasteiger partial charge in [0.1, 0.15) is 0 Å². The van der Waals surface area contributed by atoms with Crippen molar-refractivity contribution >= 4 is 23.2 Å². The molecule has 0 spiro atoms. The van der Waals surface area contributed by atoms with Crippen molar-refractivity contribution in [1.29, 1.82) is 0 Å². The Morgan fingerprint density at radius 2 is 1.77 bits per heavy atom. The summed E-state index contributed by atoms with van der Waals surface area (Å²) in [4.78, 5) is 7.20. The van der Waals surface area contributed by atoms with Gasteiger partial charge in [0.2, 0.25) is 5.95 Å². The summed E-state index contributed by atoms with van der Waals surface area (Å²) in [6.45, 7) is 4.22. The third-order valence-electron chi connectivity index (χ3n) is 6.63. The molecule has 0 amide bonds. The number of aryl methyl sites for hydroxylation is 2. The zero-order valence-corrected chi connectivity index (χ0v) is 20.5. The van der Waals surface area contributed by atoms with E-state index in [0.717, 1.165) is 24.0 Å². The molecule has 0 atom stereocenters. The molecule has 1 aliphatic heterocycles. The van der Waals surface area contributed by atoms with Crippen LogP contribution in [0.25, 0.3) is 0 Å². The van der Waals surface area contributed by atoms with Gasteiger partial charge in [-0.15, -0.1) is 0 Å². The molecule has 1 aromatic carbocycles. The van der Waals surface area contributed by atoms with Crippen LogP contribution in [-0.2, 0) is 19.3 Å². The topological polar surface area (TPSA) is 24.3 Å². The number of anilines is 2. The molecular weight excluding hydrogens is 494 g/mol. The summed E-state index contributed by atoms with van der Waals surface area (Å²) in [5.74, 6) is 0.581. The number of alkyl halides is 6. The lowest BCUT2D eigenvalue weighted by atomic mass is 10.1. The number of imidazole rings is 1. The lowest BCUT2D eigenvalue weighted by Gasteiger charge is -2.32.